The van der Waals surface area contributed by atoms with Crippen LogP contribution in [0.1, 0.15) is 29.8 Å². The molecule has 0 unspecified atom stereocenters. The Morgan fingerprint density at radius 3 is 2.45 bits per heavy atom. The molecule has 1 aliphatic rings. The van der Waals surface area contributed by atoms with Gasteiger partial charge in [0.1, 0.15) is 11.5 Å². The Kier molecular flexibility index (Phi) is 3.90. The maximum atomic E-state index is 11.3. The third kappa shape index (κ3) is 3.00. The van der Waals surface area contributed by atoms with Gasteiger partial charge in [0.15, 0.2) is 5.78 Å². The van der Waals surface area contributed by atoms with Gasteiger partial charge < -0.3 is 4.74 Å². The summed E-state index contributed by atoms with van der Waals surface area (Å²) in [5, 5.41) is 0. The molecule has 110 valence electrons. The number of carbonyl (C=O) groups is 1. The van der Waals surface area contributed by atoms with Crippen LogP contribution in [0.2, 0.25) is 0 Å². The van der Waals surface area contributed by atoms with Crippen LogP contribution >= 0.6 is 11.8 Å². The van der Waals surface area contributed by atoms with E-state index in [1.807, 2.05) is 36.4 Å². The van der Waals surface area contributed by atoms with Crippen LogP contribution in [0.5, 0.6) is 5.75 Å². The van der Waals surface area contributed by atoms with Crippen LogP contribution in [0.15, 0.2) is 70.7 Å². The number of hydrogen-bond donors (Lipinski definition) is 0. The summed E-state index contributed by atoms with van der Waals surface area (Å²) >= 11 is 1.64. The predicted octanol–water partition coefficient (Wildman–Crippen LogP) is 5.35. The van der Waals surface area contributed by atoms with Crippen molar-refractivity contribution in [3.8, 4) is 5.75 Å². The van der Waals surface area contributed by atoms with E-state index in [-0.39, 0.29) is 5.78 Å². The predicted molar refractivity (Wildman–Crippen MR) is 90.4 cm³/mol. The van der Waals surface area contributed by atoms with E-state index in [0.717, 1.165) is 32.2 Å². The topological polar surface area (TPSA) is 26.3 Å². The van der Waals surface area contributed by atoms with Crippen molar-refractivity contribution >= 4 is 23.1 Å². The number of hydrogen-bond acceptors (Lipinski definition) is 3. The zero-order valence-electron chi connectivity index (χ0n) is 12.6. The second kappa shape index (κ2) is 5.85. The molecule has 3 rings (SSSR count). The minimum Gasteiger partial charge on any atom is -0.457 e. The highest BCUT2D eigenvalue weighted by molar-refractivity contribution is 7.99. The Morgan fingerprint density at radius 1 is 1.09 bits per heavy atom. The van der Waals surface area contributed by atoms with Gasteiger partial charge in [0.25, 0.3) is 0 Å². The van der Waals surface area contributed by atoms with Crippen molar-refractivity contribution in [3.05, 3.63) is 72.0 Å². The number of allylic oxidation sites excluding steroid dienone is 2. The van der Waals surface area contributed by atoms with Gasteiger partial charge in [0.2, 0.25) is 0 Å². The largest absolute Gasteiger partial charge is 0.457 e. The Labute approximate surface area is 134 Å². The number of rotatable bonds is 3. The Hall–Kier alpha value is -2.26. The van der Waals surface area contributed by atoms with Crippen LogP contribution < -0.4 is 4.74 Å². The third-order valence-corrected chi connectivity index (χ3v) is 4.49. The summed E-state index contributed by atoms with van der Waals surface area (Å²) in [6.07, 6.45) is 1.94. The Balaban J connectivity index is 1.85. The number of benzene rings is 2. The fourth-order valence-corrected chi connectivity index (χ4v) is 3.21. The van der Waals surface area contributed by atoms with Crippen molar-refractivity contribution in [3.63, 3.8) is 0 Å². The molecule has 22 heavy (non-hydrogen) atoms. The number of fused-ring (bicyclic) bond motifs is 1. The van der Waals surface area contributed by atoms with Gasteiger partial charge in [0, 0.05) is 20.9 Å². The summed E-state index contributed by atoms with van der Waals surface area (Å²) < 4.78 is 5.70. The van der Waals surface area contributed by atoms with Crippen molar-refractivity contribution in [2.24, 2.45) is 0 Å². The zero-order valence-corrected chi connectivity index (χ0v) is 13.4. The summed E-state index contributed by atoms with van der Waals surface area (Å²) in [6.45, 7) is 7.50. The van der Waals surface area contributed by atoms with E-state index < -0.39 is 0 Å². The molecule has 2 nitrogen and oxygen atoms in total. The number of ether oxygens (including phenoxy) is 1. The molecule has 1 aliphatic heterocycles. The molecule has 1 heterocycles. The van der Waals surface area contributed by atoms with Gasteiger partial charge in [-0.05, 0) is 55.8 Å². The molecule has 0 amide bonds. The van der Waals surface area contributed by atoms with E-state index in [1.54, 1.807) is 18.7 Å². The second-order valence-electron chi connectivity index (χ2n) is 5.24. The van der Waals surface area contributed by atoms with Crippen LogP contribution in [0.25, 0.3) is 5.57 Å². The second-order valence-corrected chi connectivity index (χ2v) is 6.38. The molecule has 0 aromatic heterocycles. The Bertz CT molecular complexity index is 786. The average Bonchev–Trinajstić information content (AvgIpc) is 2.47. The highest BCUT2D eigenvalue weighted by atomic mass is 32.2. The minimum absolute atomic E-state index is 0.0829. The lowest BCUT2D eigenvalue weighted by atomic mass is 10.0. The third-order valence-electron chi connectivity index (χ3n) is 3.49. The lowest BCUT2D eigenvalue weighted by Gasteiger charge is -2.18. The fraction of sp³-hybridized carbons (Fsp3) is 0.105. The number of Topliss-reactive ketones (excluding diaryl/α,β-unsaturated/α-hetero) is 1. The molecule has 0 atom stereocenters. The highest BCUT2D eigenvalue weighted by Gasteiger charge is 2.14. The first kappa shape index (κ1) is 14.7. The Morgan fingerprint density at radius 2 is 1.77 bits per heavy atom. The standard InChI is InChI=1S/C19H16O2S/c1-12-10-13(2)21-19-11-17(8-9-18(12)19)22-16-6-4-15(5-7-16)14(3)20/h4-11H,2H2,1,3H3. The van der Waals surface area contributed by atoms with Crippen LogP contribution in [0, 0.1) is 0 Å². The molecule has 0 radical (unpaired) electrons. The molecule has 0 N–H and O–H groups in total. The van der Waals surface area contributed by atoms with E-state index in [2.05, 4.69) is 25.6 Å². The molecule has 3 heteroatoms. The van der Waals surface area contributed by atoms with Gasteiger partial charge in [-0.1, -0.05) is 30.5 Å². The summed E-state index contributed by atoms with van der Waals surface area (Å²) in [6, 6.07) is 13.8. The SMILES string of the molecule is C=C1C=C(C)c2ccc(Sc3ccc(C(C)=O)cc3)cc2O1. The van der Waals surface area contributed by atoms with Crippen LogP contribution in [-0.2, 0) is 0 Å². The lowest BCUT2D eigenvalue weighted by molar-refractivity contribution is 0.101. The number of ketones is 1. The summed E-state index contributed by atoms with van der Waals surface area (Å²) in [5.41, 5.74) is 2.99. The molecule has 0 saturated heterocycles. The maximum absolute atomic E-state index is 11.3. The van der Waals surface area contributed by atoms with Gasteiger partial charge in [-0.3, -0.25) is 4.79 Å². The normalized spacial score (nSPS) is 13.2. The molecule has 0 spiro atoms. The summed E-state index contributed by atoms with van der Waals surface area (Å²) in [4.78, 5) is 13.5. The maximum Gasteiger partial charge on any atom is 0.159 e. The highest BCUT2D eigenvalue weighted by Crippen LogP contribution is 2.37. The van der Waals surface area contributed by atoms with Gasteiger partial charge in [-0.15, -0.1) is 0 Å². The van der Waals surface area contributed by atoms with Crippen molar-refractivity contribution < 1.29 is 9.53 Å². The molecule has 0 aliphatic carbocycles. The number of carbonyl (C=O) groups excluding carboxylic acids is 1. The summed E-state index contributed by atoms with van der Waals surface area (Å²) in [5.74, 6) is 1.59. The molecule has 2 aromatic carbocycles. The lowest BCUT2D eigenvalue weighted by Crippen LogP contribution is -2.00. The first-order valence-corrected chi connectivity index (χ1v) is 7.83. The van der Waals surface area contributed by atoms with Crippen LogP contribution in [-0.4, -0.2) is 5.78 Å². The molecule has 0 fully saturated rings. The summed E-state index contributed by atoms with van der Waals surface area (Å²) in [7, 11) is 0. The first-order valence-electron chi connectivity index (χ1n) is 7.01. The van der Waals surface area contributed by atoms with E-state index in [9.17, 15) is 4.79 Å². The van der Waals surface area contributed by atoms with Gasteiger partial charge in [-0.25, -0.2) is 0 Å². The molecular weight excluding hydrogens is 292 g/mol. The van der Waals surface area contributed by atoms with Crippen molar-refractivity contribution in [1.82, 2.24) is 0 Å². The first-order chi connectivity index (χ1) is 10.5. The van der Waals surface area contributed by atoms with Crippen molar-refractivity contribution in [1.29, 1.82) is 0 Å². The van der Waals surface area contributed by atoms with E-state index >= 15 is 0 Å². The minimum atomic E-state index is 0.0829. The monoisotopic (exact) mass is 308 g/mol. The molecule has 0 bridgehead atoms. The van der Waals surface area contributed by atoms with Gasteiger partial charge in [-0.2, -0.15) is 0 Å². The molecule has 0 saturated carbocycles. The van der Waals surface area contributed by atoms with Gasteiger partial charge in [0.05, 0.1) is 0 Å². The van der Waals surface area contributed by atoms with Crippen LogP contribution in [0.4, 0.5) is 0 Å². The van der Waals surface area contributed by atoms with Crippen molar-refractivity contribution in [2.75, 3.05) is 0 Å². The molecular formula is C19H16O2S. The molecule has 2 aromatic rings. The van der Waals surface area contributed by atoms with E-state index in [1.165, 1.54) is 0 Å². The smallest absolute Gasteiger partial charge is 0.159 e. The quantitative estimate of drug-likeness (QED) is 0.715. The zero-order chi connectivity index (χ0) is 15.7. The van der Waals surface area contributed by atoms with Crippen LogP contribution in [0.3, 0.4) is 0 Å². The van der Waals surface area contributed by atoms with Gasteiger partial charge >= 0.3 is 0 Å². The van der Waals surface area contributed by atoms with E-state index in [0.29, 0.717) is 5.76 Å². The average molecular weight is 308 g/mol. The van der Waals surface area contributed by atoms with E-state index in [4.69, 9.17) is 4.74 Å². The fourth-order valence-electron chi connectivity index (χ4n) is 2.36. The van der Waals surface area contributed by atoms with Crippen molar-refractivity contribution in [2.45, 2.75) is 23.6 Å².